The zero-order chi connectivity index (χ0) is 13.5. The molecule has 0 aliphatic carbocycles. The van der Waals surface area contributed by atoms with Crippen molar-refractivity contribution in [2.75, 3.05) is 20.2 Å². The molecule has 1 aromatic heterocycles. The molecule has 0 saturated carbocycles. The first kappa shape index (κ1) is 13.2. The maximum atomic E-state index is 8.69. The summed E-state index contributed by atoms with van der Waals surface area (Å²) in [6.07, 6.45) is 3.42. The van der Waals surface area contributed by atoms with Gasteiger partial charge in [0.1, 0.15) is 12.4 Å². The highest BCUT2D eigenvalue weighted by Gasteiger charge is 2.02. The third-order valence-corrected chi connectivity index (χ3v) is 2.76. The number of nitriles is 1. The molecule has 0 amide bonds. The molecule has 0 unspecified atom stereocenters. The normalized spacial score (nSPS) is 10.4. The van der Waals surface area contributed by atoms with Crippen molar-refractivity contribution in [1.29, 1.82) is 5.26 Å². The molecule has 4 heteroatoms. The Morgan fingerprint density at radius 3 is 2.68 bits per heavy atom. The second kappa shape index (κ2) is 6.62. The van der Waals surface area contributed by atoms with E-state index in [-0.39, 0.29) is 0 Å². The van der Waals surface area contributed by atoms with Crippen molar-refractivity contribution in [3.05, 3.63) is 54.0 Å². The molecule has 2 aromatic rings. The lowest BCUT2D eigenvalue weighted by Gasteiger charge is -2.15. The van der Waals surface area contributed by atoms with Crippen molar-refractivity contribution < 1.29 is 9.15 Å². The average molecular weight is 256 g/mol. The minimum atomic E-state index is 0.611. The van der Waals surface area contributed by atoms with Crippen LogP contribution in [-0.4, -0.2) is 25.1 Å². The van der Waals surface area contributed by atoms with Gasteiger partial charge in [-0.05, 0) is 37.4 Å². The van der Waals surface area contributed by atoms with Crippen LogP contribution in [0.3, 0.4) is 0 Å². The number of hydrogen-bond acceptors (Lipinski definition) is 4. The van der Waals surface area contributed by atoms with Gasteiger partial charge in [0.2, 0.25) is 0 Å². The summed E-state index contributed by atoms with van der Waals surface area (Å²) in [6, 6.07) is 11.2. The van der Waals surface area contributed by atoms with Crippen molar-refractivity contribution in [2.24, 2.45) is 0 Å². The van der Waals surface area contributed by atoms with Gasteiger partial charge in [0.25, 0.3) is 0 Å². The first-order valence-electron chi connectivity index (χ1n) is 6.10. The Hall–Kier alpha value is -2.25. The van der Waals surface area contributed by atoms with Crippen molar-refractivity contribution in [1.82, 2.24) is 4.90 Å². The summed E-state index contributed by atoms with van der Waals surface area (Å²) in [5.74, 6) is 0.788. The van der Waals surface area contributed by atoms with Gasteiger partial charge in [-0.2, -0.15) is 5.26 Å². The minimum absolute atomic E-state index is 0.611. The van der Waals surface area contributed by atoms with Crippen LogP contribution in [0.15, 0.2) is 47.3 Å². The van der Waals surface area contributed by atoms with Crippen LogP contribution in [0, 0.1) is 11.3 Å². The van der Waals surface area contributed by atoms with Gasteiger partial charge in [-0.15, -0.1) is 0 Å². The summed E-state index contributed by atoms with van der Waals surface area (Å²) in [5.41, 5.74) is 1.80. The molecular weight excluding hydrogens is 240 g/mol. The number of rotatable bonds is 6. The van der Waals surface area contributed by atoms with Gasteiger partial charge < -0.3 is 9.15 Å². The van der Waals surface area contributed by atoms with Gasteiger partial charge in [-0.1, -0.05) is 0 Å². The maximum absolute atomic E-state index is 8.69. The van der Waals surface area contributed by atoms with E-state index in [1.807, 2.05) is 25.2 Å². The Morgan fingerprint density at radius 2 is 2.05 bits per heavy atom. The second-order valence-electron chi connectivity index (χ2n) is 4.35. The summed E-state index contributed by atoms with van der Waals surface area (Å²) in [7, 11) is 2.04. The molecular formula is C15H16N2O2. The summed E-state index contributed by atoms with van der Waals surface area (Å²) < 4.78 is 10.6. The first-order chi connectivity index (χ1) is 9.28. The van der Waals surface area contributed by atoms with Gasteiger partial charge in [0.05, 0.1) is 24.2 Å². The predicted molar refractivity (Wildman–Crippen MR) is 71.7 cm³/mol. The lowest BCUT2D eigenvalue weighted by molar-refractivity contribution is 0.232. The number of furan rings is 1. The van der Waals surface area contributed by atoms with Crippen LogP contribution < -0.4 is 4.74 Å². The van der Waals surface area contributed by atoms with Gasteiger partial charge in [-0.3, -0.25) is 4.90 Å². The molecule has 0 bridgehead atoms. The number of likely N-dealkylation sites (N-methyl/N-ethyl adjacent to an activating group) is 1. The van der Waals surface area contributed by atoms with E-state index in [1.54, 1.807) is 24.7 Å². The lowest BCUT2D eigenvalue weighted by atomic mass is 10.2. The predicted octanol–water partition coefficient (Wildman–Crippen LogP) is 2.66. The van der Waals surface area contributed by atoms with E-state index in [9.17, 15) is 0 Å². The third kappa shape index (κ3) is 4.16. The van der Waals surface area contributed by atoms with Crippen LogP contribution >= 0.6 is 0 Å². The summed E-state index contributed by atoms with van der Waals surface area (Å²) in [6.45, 7) is 2.28. The highest BCUT2D eigenvalue weighted by Crippen LogP contribution is 2.11. The number of hydrogen-bond donors (Lipinski definition) is 0. The molecule has 19 heavy (non-hydrogen) atoms. The zero-order valence-corrected chi connectivity index (χ0v) is 10.9. The molecule has 0 N–H and O–H groups in total. The minimum Gasteiger partial charge on any atom is -0.492 e. The molecule has 4 nitrogen and oxygen atoms in total. The summed E-state index contributed by atoms with van der Waals surface area (Å²) >= 11 is 0. The average Bonchev–Trinajstić information content (AvgIpc) is 2.92. The largest absolute Gasteiger partial charge is 0.492 e. The van der Waals surface area contributed by atoms with Gasteiger partial charge in [-0.25, -0.2) is 0 Å². The monoisotopic (exact) mass is 256 g/mol. The molecule has 0 aliphatic rings. The molecule has 0 spiro atoms. The molecule has 0 fully saturated rings. The van der Waals surface area contributed by atoms with E-state index in [0.29, 0.717) is 12.2 Å². The fraction of sp³-hybridized carbons (Fsp3) is 0.267. The van der Waals surface area contributed by atoms with Crippen LogP contribution in [0.2, 0.25) is 0 Å². The molecule has 1 aromatic carbocycles. The molecule has 0 atom stereocenters. The van der Waals surface area contributed by atoms with E-state index >= 15 is 0 Å². The number of nitrogens with zero attached hydrogens (tertiary/aromatic N) is 2. The van der Waals surface area contributed by atoms with Crippen molar-refractivity contribution in [3.63, 3.8) is 0 Å². The van der Waals surface area contributed by atoms with Crippen molar-refractivity contribution >= 4 is 0 Å². The molecule has 0 saturated heterocycles. The van der Waals surface area contributed by atoms with E-state index in [1.165, 1.54) is 0 Å². The fourth-order valence-electron chi connectivity index (χ4n) is 1.72. The Morgan fingerprint density at radius 1 is 1.26 bits per heavy atom. The Bertz CT molecular complexity index is 526. The highest BCUT2D eigenvalue weighted by molar-refractivity contribution is 5.34. The van der Waals surface area contributed by atoms with E-state index < -0.39 is 0 Å². The molecule has 2 rings (SSSR count). The number of benzene rings is 1. The highest BCUT2D eigenvalue weighted by atomic mass is 16.5. The van der Waals surface area contributed by atoms with Gasteiger partial charge >= 0.3 is 0 Å². The lowest BCUT2D eigenvalue weighted by Crippen LogP contribution is -2.23. The first-order valence-corrected chi connectivity index (χ1v) is 6.10. The summed E-state index contributed by atoms with van der Waals surface area (Å²) in [4.78, 5) is 2.16. The topological polar surface area (TPSA) is 49.4 Å². The Labute approximate surface area is 112 Å². The second-order valence-corrected chi connectivity index (χ2v) is 4.35. The van der Waals surface area contributed by atoms with Gasteiger partial charge in [0, 0.05) is 18.7 Å². The van der Waals surface area contributed by atoms with Crippen LogP contribution in [0.5, 0.6) is 5.75 Å². The van der Waals surface area contributed by atoms with Gasteiger partial charge in [0.15, 0.2) is 0 Å². The Kier molecular flexibility index (Phi) is 4.60. The standard InChI is InChI=1S/C15H16N2O2/c1-17(11-14-6-8-18-12-14)7-9-19-15-4-2-13(10-16)3-5-15/h2-6,8,12H,7,9,11H2,1H3. The molecule has 0 radical (unpaired) electrons. The zero-order valence-electron chi connectivity index (χ0n) is 10.9. The van der Waals surface area contributed by atoms with Crippen molar-refractivity contribution in [3.8, 4) is 11.8 Å². The third-order valence-electron chi connectivity index (χ3n) is 2.76. The SMILES string of the molecule is CN(CCOc1ccc(C#N)cc1)Cc1ccoc1. The van der Waals surface area contributed by atoms with Crippen LogP contribution in [-0.2, 0) is 6.54 Å². The van der Waals surface area contributed by atoms with Crippen molar-refractivity contribution in [2.45, 2.75) is 6.54 Å². The quantitative estimate of drug-likeness (QED) is 0.797. The van der Waals surface area contributed by atoms with Crippen LogP contribution in [0.4, 0.5) is 0 Å². The maximum Gasteiger partial charge on any atom is 0.119 e. The number of ether oxygens (including phenoxy) is 1. The van der Waals surface area contributed by atoms with E-state index in [0.717, 1.165) is 24.4 Å². The fourth-order valence-corrected chi connectivity index (χ4v) is 1.72. The van der Waals surface area contributed by atoms with Crippen LogP contribution in [0.25, 0.3) is 0 Å². The summed E-state index contributed by atoms with van der Waals surface area (Å²) in [5, 5.41) is 8.69. The van der Waals surface area contributed by atoms with E-state index in [2.05, 4.69) is 11.0 Å². The molecule has 0 aliphatic heterocycles. The smallest absolute Gasteiger partial charge is 0.119 e. The van der Waals surface area contributed by atoms with E-state index in [4.69, 9.17) is 14.4 Å². The molecule has 98 valence electrons. The Balaban J connectivity index is 1.72. The molecule has 1 heterocycles. The van der Waals surface area contributed by atoms with Crippen LogP contribution in [0.1, 0.15) is 11.1 Å².